The predicted octanol–water partition coefficient (Wildman–Crippen LogP) is 5.97. The molecule has 1 aliphatic heterocycles. The fourth-order valence-electron chi connectivity index (χ4n) is 4.54. The van der Waals surface area contributed by atoms with E-state index in [9.17, 15) is 24.5 Å². The van der Waals surface area contributed by atoms with Gasteiger partial charge in [0, 0.05) is 24.2 Å². The molecule has 0 bridgehead atoms. The second kappa shape index (κ2) is 9.84. The highest BCUT2D eigenvalue weighted by molar-refractivity contribution is 5.99. The number of nitrogens with zero attached hydrogens (tertiary/aromatic N) is 1. The lowest BCUT2D eigenvalue weighted by atomic mass is 9.91. The molecular weight excluding hydrogens is 457 g/mol. The zero-order chi connectivity index (χ0) is 25.2. The van der Waals surface area contributed by atoms with Crippen molar-refractivity contribution >= 4 is 11.6 Å². The summed E-state index contributed by atoms with van der Waals surface area (Å²) in [6, 6.07) is 23.7. The van der Waals surface area contributed by atoms with Crippen molar-refractivity contribution in [1.29, 1.82) is 0 Å². The van der Waals surface area contributed by atoms with Crippen LogP contribution in [0, 0.1) is 5.82 Å². The van der Waals surface area contributed by atoms with E-state index in [-0.39, 0.29) is 23.2 Å². The third kappa shape index (κ3) is 4.81. The van der Waals surface area contributed by atoms with Gasteiger partial charge in [-0.3, -0.25) is 4.79 Å². The molecule has 6 heteroatoms. The Morgan fingerprint density at radius 1 is 0.833 bits per heavy atom. The maximum Gasteiger partial charge on any atom is 0.228 e. The molecule has 5 nitrogen and oxygen atoms in total. The highest BCUT2D eigenvalue weighted by atomic mass is 19.1. The molecule has 1 amide bonds. The maximum atomic E-state index is 13.3. The van der Waals surface area contributed by atoms with E-state index in [1.165, 1.54) is 12.1 Å². The average molecular weight is 484 g/mol. The van der Waals surface area contributed by atoms with Crippen molar-refractivity contribution < 1.29 is 24.5 Å². The van der Waals surface area contributed by atoms with Gasteiger partial charge in [0.2, 0.25) is 5.91 Å². The van der Waals surface area contributed by atoms with E-state index in [4.69, 9.17) is 0 Å². The van der Waals surface area contributed by atoms with Gasteiger partial charge in [-0.15, -0.1) is 0 Å². The zero-order valence-electron chi connectivity index (χ0n) is 19.6. The Bertz CT molecular complexity index is 1400. The molecule has 1 saturated heterocycles. The van der Waals surface area contributed by atoms with Crippen LogP contribution in [-0.2, 0) is 11.2 Å². The number of halogens is 1. The van der Waals surface area contributed by atoms with E-state index >= 15 is 0 Å². The van der Waals surface area contributed by atoms with E-state index in [1.54, 1.807) is 47.4 Å². The molecule has 4 aromatic rings. The Balaban J connectivity index is 1.46. The van der Waals surface area contributed by atoms with Crippen molar-refractivity contribution in [2.75, 3.05) is 11.4 Å². The average Bonchev–Trinajstić information content (AvgIpc) is 2.87. The quantitative estimate of drug-likeness (QED) is 0.283. The second-order valence-corrected chi connectivity index (χ2v) is 9.02. The molecule has 5 rings (SSSR count). The molecule has 0 spiro atoms. The van der Waals surface area contributed by atoms with Crippen LogP contribution in [-0.4, -0.2) is 27.8 Å². The fraction of sp³-hybridized carbons (Fsp3) is 0.167. The Morgan fingerprint density at radius 3 is 2.17 bits per heavy atom. The highest BCUT2D eigenvalue weighted by Gasteiger charge is 2.26. The molecule has 1 atom stereocenters. The topological polar surface area (TPSA) is 81.0 Å². The van der Waals surface area contributed by atoms with Gasteiger partial charge in [-0.05, 0) is 83.1 Å². The van der Waals surface area contributed by atoms with Gasteiger partial charge in [-0.1, -0.05) is 42.5 Å². The summed E-state index contributed by atoms with van der Waals surface area (Å²) in [5.74, 6) is -0.00552. The molecule has 4 aromatic carbocycles. The summed E-state index contributed by atoms with van der Waals surface area (Å²) in [7, 11) is 0. The first-order valence-electron chi connectivity index (χ1n) is 11.9. The number of benzene rings is 4. The second-order valence-electron chi connectivity index (χ2n) is 9.02. The van der Waals surface area contributed by atoms with E-state index in [0.29, 0.717) is 36.9 Å². The normalized spacial score (nSPS) is 13.9. The van der Waals surface area contributed by atoms with Gasteiger partial charge in [0.15, 0.2) is 0 Å². The number of aromatic hydroxyl groups is 2. The molecule has 0 saturated carbocycles. The van der Waals surface area contributed by atoms with Gasteiger partial charge in [-0.2, -0.15) is 0 Å². The summed E-state index contributed by atoms with van der Waals surface area (Å²) in [6.45, 7) is 0.669. The molecule has 36 heavy (non-hydrogen) atoms. The van der Waals surface area contributed by atoms with Gasteiger partial charge < -0.3 is 20.2 Å². The van der Waals surface area contributed by atoms with Crippen molar-refractivity contribution in [3.63, 3.8) is 0 Å². The number of aliphatic hydroxyl groups excluding tert-OH is 1. The lowest BCUT2D eigenvalue weighted by molar-refractivity contribution is -0.122. The first kappa shape index (κ1) is 23.6. The smallest absolute Gasteiger partial charge is 0.228 e. The molecule has 3 N–H and O–H groups in total. The van der Waals surface area contributed by atoms with E-state index in [0.717, 1.165) is 27.9 Å². The largest absolute Gasteiger partial charge is 0.508 e. The van der Waals surface area contributed by atoms with Crippen LogP contribution in [0.4, 0.5) is 10.1 Å². The molecule has 1 aliphatic rings. The van der Waals surface area contributed by atoms with Crippen molar-refractivity contribution in [2.24, 2.45) is 0 Å². The monoisotopic (exact) mass is 483 g/mol. The standard InChI is InChI=1S/C30H26FNO4/c31-23-7-1-20(2-8-23)28(34)14-6-22-17-24(32-16-15-30(32)36)9-13-26(22)27-12-5-21(18-29(27)35)19-3-10-25(33)11-4-19/h1-5,7-13,17-18,28,33-35H,6,14-16H2/t28-/m0/s1. The van der Waals surface area contributed by atoms with Crippen LogP contribution in [0.25, 0.3) is 22.3 Å². The molecule has 0 radical (unpaired) electrons. The molecular formula is C30H26FNO4. The Labute approximate surface area is 208 Å². The molecule has 1 fully saturated rings. The van der Waals surface area contributed by atoms with Gasteiger partial charge in [-0.25, -0.2) is 4.39 Å². The number of hydrogen-bond donors (Lipinski definition) is 3. The van der Waals surface area contributed by atoms with Gasteiger partial charge in [0.1, 0.15) is 17.3 Å². The number of amides is 1. The van der Waals surface area contributed by atoms with Crippen molar-refractivity contribution in [3.8, 4) is 33.8 Å². The van der Waals surface area contributed by atoms with Gasteiger partial charge >= 0.3 is 0 Å². The summed E-state index contributed by atoms with van der Waals surface area (Å²) < 4.78 is 13.3. The summed E-state index contributed by atoms with van der Waals surface area (Å²) in [6.07, 6.45) is 0.628. The minimum absolute atomic E-state index is 0.0705. The lowest BCUT2D eigenvalue weighted by Crippen LogP contribution is -2.43. The molecule has 0 aromatic heterocycles. The Kier molecular flexibility index (Phi) is 6.44. The van der Waals surface area contributed by atoms with Crippen LogP contribution in [0.3, 0.4) is 0 Å². The van der Waals surface area contributed by atoms with Gasteiger partial charge in [0.05, 0.1) is 6.10 Å². The predicted molar refractivity (Wildman–Crippen MR) is 137 cm³/mol. The number of aliphatic hydroxyl groups is 1. The number of phenolic OH excluding ortho intramolecular Hbond substituents is 2. The van der Waals surface area contributed by atoms with Crippen LogP contribution in [0.2, 0.25) is 0 Å². The summed E-state index contributed by atoms with van der Waals surface area (Å²) in [5, 5.41) is 31.2. The van der Waals surface area contributed by atoms with Gasteiger partial charge in [0.25, 0.3) is 0 Å². The number of carbonyl (C=O) groups is 1. The number of hydrogen-bond acceptors (Lipinski definition) is 4. The number of anilines is 1. The highest BCUT2D eigenvalue weighted by Crippen LogP contribution is 2.38. The van der Waals surface area contributed by atoms with Crippen molar-refractivity contribution in [2.45, 2.75) is 25.4 Å². The van der Waals surface area contributed by atoms with Crippen LogP contribution in [0.15, 0.2) is 84.9 Å². The minimum atomic E-state index is -0.779. The number of aryl methyl sites for hydroxylation is 1. The number of carbonyl (C=O) groups excluding carboxylic acids is 1. The number of rotatable bonds is 7. The molecule has 1 heterocycles. The number of phenols is 2. The SMILES string of the molecule is O=C1CCN1c1ccc(-c2ccc(-c3ccc(O)cc3)cc2O)c(CC[C@H](O)c2ccc(F)cc2)c1. The maximum absolute atomic E-state index is 13.3. The lowest BCUT2D eigenvalue weighted by Gasteiger charge is -2.31. The van der Waals surface area contributed by atoms with E-state index < -0.39 is 6.10 Å². The van der Waals surface area contributed by atoms with Crippen molar-refractivity contribution in [3.05, 3.63) is 102 Å². The third-order valence-electron chi connectivity index (χ3n) is 6.68. The summed E-state index contributed by atoms with van der Waals surface area (Å²) in [5.41, 5.74) is 5.45. The first-order valence-corrected chi connectivity index (χ1v) is 11.9. The molecule has 182 valence electrons. The first-order chi connectivity index (χ1) is 17.4. The molecule has 0 aliphatic carbocycles. The molecule has 0 unspecified atom stereocenters. The van der Waals surface area contributed by atoms with E-state index in [2.05, 4.69) is 0 Å². The minimum Gasteiger partial charge on any atom is -0.508 e. The fourth-order valence-corrected chi connectivity index (χ4v) is 4.54. The van der Waals surface area contributed by atoms with E-state index in [1.807, 2.05) is 30.3 Å². The third-order valence-corrected chi connectivity index (χ3v) is 6.68. The van der Waals surface area contributed by atoms with Crippen LogP contribution in [0.1, 0.15) is 30.1 Å². The number of β-lactam (4-membered cyclic amide) rings is 1. The summed E-state index contributed by atoms with van der Waals surface area (Å²) in [4.78, 5) is 13.7. The summed E-state index contributed by atoms with van der Waals surface area (Å²) >= 11 is 0. The van der Waals surface area contributed by atoms with Crippen LogP contribution < -0.4 is 4.90 Å². The van der Waals surface area contributed by atoms with Crippen LogP contribution in [0.5, 0.6) is 11.5 Å². The Morgan fingerprint density at radius 2 is 1.53 bits per heavy atom. The zero-order valence-corrected chi connectivity index (χ0v) is 19.6. The van der Waals surface area contributed by atoms with Crippen LogP contribution >= 0.6 is 0 Å². The Hall–Kier alpha value is -4.16. The van der Waals surface area contributed by atoms with Crippen molar-refractivity contribution in [1.82, 2.24) is 0 Å².